The monoisotopic (exact) mass is 312 g/mol. The molecule has 5 heteroatoms. The number of benzene rings is 1. The lowest BCUT2D eigenvalue weighted by Gasteiger charge is -2.20. The Morgan fingerprint density at radius 3 is 2.83 bits per heavy atom. The highest BCUT2D eigenvalue weighted by molar-refractivity contribution is 5.96. The summed E-state index contributed by atoms with van der Waals surface area (Å²) < 4.78 is 5.37. The molecule has 0 saturated heterocycles. The molecule has 23 heavy (non-hydrogen) atoms. The number of amides is 1. The summed E-state index contributed by atoms with van der Waals surface area (Å²) >= 11 is 0. The first-order valence-corrected chi connectivity index (χ1v) is 7.31. The first-order chi connectivity index (χ1) is 11.2. The van der Waals surface area contributed by atoms with Crippen LogP contribution in [-0.2, 0) is 0 Å². The topological polar surface area (TPSA) is 62.7 Å². The lowest BCUT2D eigenvalue weighted by molar-refractivity contribution is 0.0743. The summed E-state index contributed by atoms with van der Waals surface area (Å²) in [4.78, 5) is 18.5. The fourth-order valence-electron chi connectivity index (χ4n) is 2.30. The summed E-state index contributed by atoms with van der Waals surface area (Å²) in [6.45, 7) is 4.19. The predicted octanol–water partition coefficient (Wildman–Crippen LogP) is 2.38. The van der Waals surface area contributed by atoms with E-state index >= 15 is 0 Å². The van der Waals surface area contributed by atoms with Gasteiger partial charge in [0.05, 0.1) is 19.4 Å². The number of aliphatic hydroxyl groups is 1. The third-order valence-corrected chi connectivity index (χ3v) is 3.39. The number of aromatic nitrogens is 1. The Bertz CT molecular complexity index is 671. The zero-order valence-electron chi connectivity index (χ0n) is 13.1. The standard InChI is InChI=1S/C18H20N2O3/c1-3-10-20(11-12-21)18(22)14-7-8-17(23-2)15(13-14)16-6-4-5-9-19-16/h3-9,13,21H,1,10-12H2,2H3. The number of ether oxygens (including phenoxy) is 1. The van der Waals surface area contributed by atoms with Gasteiger partial charge >= 0.3 is 0 Å². The van der Waals surface area contributed by atoms with Crippen molar-refractivity contribution >= 4 is 5.91 Å². The smallest absolute Gasteiger partial charge is 0.254 e. The van der Waals surface area contributed by atoms with E-state index in [1.807, 2.05) is 18.2 Å². The molecule has 0 aliphatic heterocycles. The maximum Gasteiger partial charge on any atom is 0.254 e. The number of rotatable bonds is 7. The van der Waals surface area contributed by atoms with Gasteiger partial charge in [-0.05, 0) is 30.3 Å². The second-order valence-electron chi connectivity index (χ2n) is 4.89. The van der Waals surface area contributed by atoms with E-state index in [1.165, 1.54) is 4.90 Å². The van der Waals surface area contributed by atoms with Crippen molar-refractivity contribution in [1.82, 2.24) is 9.88 Å². The number of carbonyl (C=O) groups excluding carboxylic acids is 1. The summed E-state index contributed by atoms with van der Waals surface area (Å²) in [7, 11) is 1.58. The second kappa shape index (κ2) is 8.10. The maximum atomic E-state index is 12.6. The molecule has 120 valence electrons. The number of aliphatic hydroxyl groups excluding tert-OH is 1. The minimum atomic E-state index is -0.168. The SMILES string of the molecule is C=CCN(CCO)C(=O)c1ccc(OC)c(-c2ccccn2)c1. The van der Waals surface area contributed by atoms with Gasteiger partial charge < -0.3 is 14.7 Å². The summed E-state index contributed by atoms with van der Waals surface area (Å²) in [6, 6.07) is 10.8. The summed E-state index contributed by atoms with van der Waals surface area (Å²) in [5, 5.41) is 9.12. The van der Waals surface area contributed by atoms with E-state index in [4.69, 9.17) is 9.84 Å². The van der Waals surface area contributed by atoms with Crippen molar-refractivity contribution < 1.29 is 14.6 Å². The van der Waals surface area contributed by atoms with Gasteiger partial charge in [0.15, 0.2) is 0 Å². The van der Waals surface area contributed by atoms with Gasteiger partial charge in [0.1, 0.15) is 5.75 Å². The van der Waals surface area contributed by atoms with E-state index in [1.54, 1.807) is 37.6 Å². The molecule has 0 unspecified atom stereocenters. The van der Waals surface area contributed by atoms with Crippen molar-refractivity contribution in [3.8, 4) is 17.0 Å². The van der Waals surface area contributed by atoms with Gasteiger partial charge in [-0.25, -0.2) is 0 Å². The molecule has 5 nitrogen and oxygen atoms in total. The zero-order chi connectivity index (χ0) is 16.7. The van der Waals surface area contributed by atoms with Gasteiger partial charge in [-0.3, -0.25) is 9.78 Å². The molecule has 1 amide bonds. The number of pyridine rings is 1. The van der Waals surface area contributed by atoms with Crippen molar-refractivity contribution in [1.29, 1.82) is 0 Å². The lowest BCUT2D eigenvalue weighted by Crippen LogP contribution is -2.33. The third-order valence-electron chi connectivity index (χ3n) is 3.39. The average molecular weight is 312 g/mol. The van der Waals surface area contributed by atoms with Crippen LogP contribution in [0.5, 0.6) is 5.75 Å². The molecule has 1 aromatic heterocycles. The van der Waals surface area contributed by atoms with Gasteiger partial charge in [0, 0.05) is 30.4 Å². The Balaban J connectivity index is 2.40. The quantitative estimate of drug-likeness (QED) is 0.797. The van der Waals surface area contributed by atoms with E-state index in [9.17, 15) is 4.79 Å². The molecule has 0 spiro atoms. The molecule has 0 bridgehead atoms. The lowest BCUT2D eigenvalue weighted by atomic mass is 10.0. The Labute approximate surface area is 135 Å². The summed E-state index contributed by atoms with van der Waals surface area (Å²) in [5.74, 6) is 0.483. The first-order valence-electron chi connectivity index (χ1n) is 7.31. The van der Waals surface area contributed by atoms with E-state index in [0.29, 0.717) is 17.9 Å². The van der Waals surface area contributed by atoms with Crippen molar-refractivity contribution in [2.45, 2.75) is 0 Å². The van der Waals surface area contributed by atoms with Crippen LogP contribution < -0.4 is 4.74 Å². The van der Waals surface area contributed by atoms with Gasteiger partial charge in [0.2, 0.25) is 0 Å². The number of hydrogen-bond donors (Lipinski definition) is 1. The van der Waals surface area contributed by atoms with Crippen LogP contribution in [0.1, 0.15) is 10.4 Å². The van der Waals surface area contributed by atoms with Crippen molar-refractivity contribution in [2.75, 3.05) is 26.8 Å². The average Bonchev–Trinajstić information content (AvgIpc) is 2.61. The van der Waals surface area contributed by atoms with Crippen LogP contribution in [0.15, 0.2) is 55.3 Å². The molecule has 2 aromatic rings. The summed E-state index contributed by atoms with van der Waals surface area (Å²) in [6.07, 6.45) is 3.33. The molecule has 2 rings (SSSR count). The number of carbonyl (C=O) groups is 1. The fraction of sp³-hybridized carbons (Fsp3) is 0.222. The first kappa shape index (κ1) is 16.7. The second-order valence-corrected chi connectivity index (χ2v) is 4.89. The van der Waals surface area contributed by atoms with E-state index in [-0.39, 0.29) is 19.1 Å². The van der Waals surface area contributed by atoms with Crippen LogP contribution in [0, 0.1) is 0 Å². The molecule has 0 aliphatic carbocycles. The summed E-state index contributed by atoms with van der Waals surface area (Å²) in [5.41, 5.74) is 2.00. The molecule has 0 fully saturated rings. The molecule has 0 saturated carbocycles. The number of nitrogens with zero attached hydrogens (tertiary/aromatic N) is 2. The van der Waals surface area contributed by atoms with Crippen LogP contribution in [-0.4, -0.2) is 47.7 Å². The molecular weight excluding hydrogens is 292 g/mol. The highest BCUT2D eigenvalue weighted by atomic mass is 16.5. The van der Waals surface area contributed by atoms with Gasteiger partial charge in [0.25, 0.3) is 5.91 Å². The van der Waals surface area contributed by atoms with Crippen LogP contribution in [0.3, 0.4) is 0 Å². The maximum absolute atomic E-state index is 12.6. The molecule has 0 atom stereocenters. The van der Waals surface area contributed by atoms with Crippen molar-refractivity contribution in [2.24, 2.45) is 0 Å². The van der Waals surface area contributed by atoms with Gasteiger partial charge in [-0.2, -0.15) is 0 Å². The van der Waals surface area contributed by atoms with Gasteiger partial charge in [-0.15, -0.1) is 6.58 Å². The molecule has 1 aromatic carbocycles. The molecule has 1 heterocycles. The Hall–Kier alpha value is -2.66. The van der Waals surface area contributed by atoms with Crippen LogP contribution in [0.2, 0.25) is 0 Å². The molecular formula is C18H20N2O3. The molecule has 1 N–H and O–H groups in total. The normalized spacial score (nSPS) is 10.2. The highest BCUT2D eigenvalue weighted by Crippen LogP contribution is 2.29. The van der Waals surface area contributed by atoms with Gasteiger partial charge in [-0.1, -0.05) is 12.1 Å². The minimum Gasteiger partial charge on any atom is -0.496 e. The van der Waals surface area contributed by atoms with Crippen LogP contribution in [0.25, 0.3) is 11.3 Å². The van der Waals surface area contributed by atoms with Crippen LogP contribution >= 0.6 is 0 Å². The Kier molecular flexibility index (Phi) is 5.88. The predicted molar refractivity (Wildman–Crippen MR) is 89.4 cm³/mol. The molecule has 0 aliphatic rings. The Morgan fingerprint density at radius 2 is 2.22 bits per heavy atom. The number of methoxy groups -OCH3 is 1. The molecule has 0 radical (unpaired) electrons. The van der Waals surface area contributed by atoms with Crippen LogP contribution in [0.4, 0.5) is 0 Å². The van der Waals surface area contributed by atoms with E-state index in [0.717, 1.165) is 11.3 Å². The highest BCUT2D eigenvalue weighted by Gasteiger charge is 2.17. The third kappa shape index (κ3) is 3.96. The van der Waals surface area contributed by atoms with E-state index in [2.05, 4.69) is 11.6 Å². The Morgan fingerprint density at radius 1 is 1.39 bits per heavy atom. The van der Waals surface area contributed by atoms with Crippen molar-refractivity contribution in [3.05, 3.63) is 60.8 Å². The van der Waals surface area contributed by atoms with Crippen molar-refractivity contribution in [3.63, 3.8) is 0 Å². The number of hydrogen-bond acceptors (Lipinski definition) is 4. The largest absolute Gasteiger partial charge is 0.496 e. The zero-order valence-corrected chi connectivity index (χ0v) is 13.1. The fourth-order valence-corrected chi connectivity index (χ4v) is 2.30. The van der Waals surface area contributed by atoms with E-state index < -0.39 is 0 Å². The minimum absolute atomic E-state index is 0.0944.